The van der Waals surface area contributed by atoms with Gasteiger partial charge in [-0.15, -0.1) is 10.2 Å². The molecule has 1 aromatic carbocycles. The zero-order chi connectivity index (χ0) is 17.4. The number of aromatic nitrogens is 4. The maximum atomic E-state index is 14.5. The molecule has 5 nitrogen and oxygen atoms in total. The summed E-state index contributed by atoms with van der Waals surface area (Å²) in [7, 11) is 0. The molecule has 9 heteroatoms. The van der Waals surface area contributed by atoms with E-state index < -0.39 is 34.5 Å². The van der Waals surface area contributed by atoms with Crippen LogP contribution in [0.15, 0.2) is 18.5 Å². The summed E-state index contributed by atoms with van der Waals surface area (Å²) in [5.41, 5.74) is -1.23. The van der Waals surface area contributed by atoms with Crippen molar-refractivity contribution in [2.75, 3.05) is 5.32 Å². The summed E-state index contributed by atoms with van der Waals surface area (Å²) in [6.07, 6.45) is 1.11. The second kappa shape index (κ2) is 5.99. The maximum Gasteiger partial charge on any atom is 0.225 e. The lowest BCUT2D eigenvalue weighted by molar-refractivity contribution is 0.542. The van der Waals surface area contributed by atoms with Crippen LogP contribution < -0.4 is 5.32 Å². The zero-order valence-electron chi connectivity index (χ0n) is 12.6. The highest BCUT2D eigenvalue weighted by Crippen LogP contribution is 2.37. The minimum Gasteiger partial charge on any atom is -0.380 e. The number of hydrogen-bond acceptors (Lipinski definition) is 5. The largest absolute Gasteiger partial charge is 0.380 e. The highest BCUT2D eigenvalue weighted by atomic mass is 19.1. The normalized spacial score (nSPS) is 11.3. The Hall–Kier alpha value is -2.84. The van der Waals surface area contributed by atoms with Crippen LogP contribution in [0.5, 0.6) is 0 Å². The summed E-state index contributed by atoms with van der Waals surface area (Å²) in [6, 6.07) is 0.731. The SMILES string of the molecule is CC(C)Nc1c(-c2c(F)cc(F)cc2F)c(F)nc2nncnc12. The zero-order valence-corrected chi connectivity index (χ0v) is 12.6. The molecule has 0 radical (unpaired) electrons. The maximum absolute atomic E-state index is 14.5. The van der Waals surface area contributed by atoms with E-state index in [1.165, 1.54) is 0 Å². The minimum atomic E-state index is -1.25. The van der Waals surface area contributed by atoms with Gasteiger partial charge in [0.25, 0.3) is 0 Å². The fourth-order valence-electron chi connectivity index (χ4n) is 2.33. The van der Waals surface area contributed by atoms with Crippen molar-refractivity contribution in [1.82, 2.24) is 20.2 Å². The monoisotopic (exact) mass is 337 g/mol. The number of halogens is 4. The molecule has 0 fully saturated rings. The molecule has 0 aliphatic rings. The first-order chi connectivity index (χ1) is 11.4. The second-order valence-corrected chi connectivity index (χ2v) is 5.33. The molecule has 1 N–H and O–H groups in total. The average molecular weight is 337 g/mol. The molecule has 0 aliphatic heterocycles. The van der Waals surface area contributed by atoms with E-state index >= 15 is 0 Å². The van der Waals surface area contributed by atoms with E-state index in [-0.39, 0.29) is 22.9 Å². The Morgan fingerprint density at radius 2 is 1.67 bits per heavy atom. The van der Waals surface area contributed by atoms with Crippen molar-refractivity contribution in [2.45, 2.75) is 19.9 Å². The van der Waals surface area contributed by atoms with Gasteiger partial charge >= 0.3 is 0 Å². The Labute approximate surface area is 133 Å². The lowest BCUT2D eigenvalue weighted by atomic mass is 10.0. The summed E-state index contributed by atoms with van der Waals surface area (Å²) in [4.78, 5) is 7.51. The fraction of sp³-hybridized carbons (Fsp3) is 0.200. The topological polar surface area (TPSA) is 63.6 Å². The standard InChI is InChI=1S/C15H11F4N5/c1-6(2)22-12-11(10-8(17)3-7(16)4-9(10)18)14(19)23-15-13(12)20-5-21-24-15/h3-6H,1-2H3,(H,22,23,24). The molecule has 0 bridgehead atoms. The summed E-state index contributed by atoms with van der Waals surface area (Å²) >= 11 is 0. The van der Waals surface area contributed by atoms with Gasteiger partial charge in [0.15, 0.2) is 0 Å². The van der Waals surface area contributed by atoms with E-state index in [9.17, 15) is 17.6 Å². The molecule has 2 heterocycles. The van der Waals surface area contributed by atoms with E-state index in [0.29, 0.717) is 12.1 Å². The molecule has 124 valence electrons. The number of fused-ring (bicyclic) bond motifs is 1. The van der Waals surface area contributed by atoms with Gasteiger partial charge in [0.05, 0.1) is 16.8 Å². The Morgan fingerprint density at radius 1 is 1.00 bits per heavy atom. The molecule has 2 aromatic heterocycles. The van der Waals surface area contributed by atoms with Crippen LogP contribution >= 0.6 is 0 Å². The fourth-order valence-corrected chi connectivity index (χ4v) is 2.33. The van der Waals surface area contributed by atoms with Crippen LogP contribution in [0.1, 0.15) is 13.8 Å². The Bertz CT molecular complexity index is 906. The second-order valence-electron chi connectivity index (χ2n) is 5.33. The summed E-state index contributed by atoms with van der Waals surface area (Å²) < 4.78 is 55.9. The molecule has 3 aromatic rings. The molecule has 0 atom stereocenters. The van der Waals surface area contributed by atoms with Crippen LogP contribution in [-0.4, -0.2) is 26.2 Å². The number of nitrogens with one attached hydrogen (secondary N) is 1. The Kier molecular flexibility index (Phi) is 4.00. The van der Waals surface area contributed by atoms with E-state index in [2.05, 4.69) is 25.5 Å². The minimum absolute atomic E-state index is 0.00630. The number of benzene rings is 1. The highest BCUT2D eigenvalue weighted by Gasteiger charge is 2.25. The number of anilines is 1. The van der Waals surface area contributed by atoms with Crippen LogP contribution in [0.2, 0.25) is 0 Å². The molecule has 0 amide bonds. The molecule has 0 unspecified atom stereocenters. The van der Waals surface area contributed by atoms with Gasteiger partial charge in [0, 0.05) is 18.2 Å². The van der Waals surface area contributed by atoms with E-state index in [1.807, 2.05) is 0 Å². The first-order valence-electron chi connectivity index (χ1n) is 6.96. The summed E-state index contributed by atoms with van der Waals surface area (Å²) in [5.74, 6) is -4.77. The van der Waals surface area contributed by atoms with Crippen molar-refractivity contribution < 1.29 is 17.6 Å². The third-order valence-electron chi connectivity index (χ3n) is 3.19. The highest BCUT2D eigenvalue weighted by molar-refractivity contribution is 5.95. The van der Waals surface area contributed by atoms with Crippen LogP contribution in [-0.2, 0) is 0 Å². The molecular formula is C15H11F4N5. The summed E-state index contributed by atoms with van der Waals surface area (Å²) in [6.45, 7) is 3.50. The lowest BCUT2D eigenvalue weighted by Crippen LogP contribution is -2.14. The number of hydrogen-bond donors (Lipinski definition) is 1. The Balaban J connectivity index is 2.41. The third kappa shape index (κ3) is 2.72. The van der Waals surface area contributed by atoms with Crippen LogP contribution in [0.3, 0.4) is 0 Å². The van der Waals surface area contributed by atoms with E-state index in [4.69, 9.17) is 0 Å². The number of pyridine rings is 1. The summed E-state index contributed by atoms with van der Waals surface area (Å²) in [5, 5.41) is 10.0. The Morgan fingerprint density at radius 3 is 2.29 bits per heavy atom. The van der Waals surface area contributed by atoms with Crippen molar-refractivity contribution in [3.8, 4) is 11.1 Å². The number of rotatable bonds is 3. The van der Waals surface area contributed by atoms with Crippen LogP contribution in [0.25, 0.3) is 22.3 Å². The van der Waals surface area contributed by atoms with Gasteiger partial charge in [-0.25, -0.2) is 18.2 Å². The van der Waals surface area contributed by atoms with Crippen molar-refractivity contribution in [2.24, 2.45) is 0 Å². The van der Waals surface area contributed by atoms with Crippen molar-refractivity contribution in [3.63, 3.8) is 0 Å². The first-order valence-corrected chi connectivity index (χ1v) is 6.96. The molecule has 0 spiro atoms. The molecule has 24 heavy (non-hydrogen) atoms. The van der Waals surface area contributed by atoms with Gasteiger partial charge in [-0.1, -0.05) is 0 Å². The van der Waals surface area contributed by atoms with Gasteiger partial charge < -0.3 is 5.32 Å². The van der Waals surface area contributed by atoms with Gasteiger partial charge in [0.1, 0.15) is 29.3 Å². The van der Waals surface area contributed by atoms with Crippen molar-refractivity contribution in [3.05, 3.63) is 41.9 Å². The first kappa shape index (κ1) is 16.0. The predicted octanol–water partition coefficient (Wildman–Crippen LogP) is 3.46. The van der Waals surface area contributed by atoms with E-state index in [1.54, 1.807) is 13.8 Å². The predicted molar refractivity (Wildman–Crippen MR) is 79.2 cm³/mol. The quantitative estimate of drug-likeness (QED) is 0.586. The molecule has 0 aliphatic carbocycles. The van der Waals surface area contributed by atoms with Crippen LogP contribution in [0, 0.1) is 23.4 Å². The lowest BCUT2D eigenvalue weighted by Gasteiger charge is -2.17. The van der Waals surface area contributed by atoms with Gasteiger partial charge in [-0.2, -0.15) is 9.37 Å². The van der Waals surface area contributed by atoms with E-state index in [0.717, 1.165) is 6.33 Å². The van der Waals surface area contributed by atoms with Crippen LogP contribution in [0.4, 0.5) is 23.2 Å². The van der Waals surface area contributed by atoms with Crippen molar-refractivity contribution >= 4 is 16.9 Å². The molecule has 0 saturated heterocycles. The molecule has 0 saturated carbocycles. The van der Waals surface area contributed by atoms with Gasteiger partial charge in [0.2, 0.25) is 11.6 Å². The smallest absolute Gasteiger partial charge is 0.225 e. The number of nitrogens with zero attached hydrogens (tertiary/aromatic N) is 4. The molecule has 3 rings (SSSR count). The molecular weight excluding hydrogens is 326 g/mol. The van der Waals surface area contributed by atoms with Crippen molar-refractivity contribution in [1.29, 1.82) is 0 Å². The average Bonchev–Trinajstić information content (AvgIpc) is 2.48. The van der Waals surface area contributed by atoms with Gasteiger partial charge in [-0.05, 0) is 13.8 Å². The third-order valence-corrected chi connectivity index (χ3v) is 3.19. The van der Waals surface area contributed by atoms with Gasteiger partial charge in [-0.3, -0.25) is 0 Å².